The Balaban J connectivity index is 2.07. The molecule has 0 radical (unpaired) electrons. The molecule has 0 saturated heterocycles. The van der Waals surface area contributed by atoms with Crippen molar-refractivity contribution in [2.24, 2.45) is 11.8 Å². The third kappa shape index (κ3) is 1.93. The van der Waals surface area contributed by atoms with Gasteiger partial charge in [0.1, 0.15) is 0 Å². The van der Waals surface area contributed by atoms with Crippen LogP contribution in [0.15, 0.2) is 23.9 Å². The molecule has 3 atom stereocenters. The van der Waals surface area contributed by atoms with Crippen LogP contribution in [0, 0.1) is 30.9 Å². The number of benzene rings is 1. The fourth-order valence-corrected chi connectivity index (χ4v) is 3.01. The van der Waals surface area contributed by atoms with Crippen molar-refractivity contribution in [1.82, 2.24) is 0 Å². The number of fused-ring (bicyclic) bond motifs is 2. The van der Waals surface area contributed by atoms with Gasteiger partial charge in [-0.2, -0.15) is 0 Å². The van der Waals surface area contributed by atoms with E-state index >= 15 is 0 Å². The van der Waals surface area contributed by atoms with Crippen LogP contribution in [0.5, 0.6) is 0 Å². The first-order chi connectivity index (χ1) is 8.97. The van der Waals surface area contributed by atoms with Gasteiger partial charge in [0.2, 0.25) is 0 Å². The van der Waals surface area contributed by atoms with Crippen molar-refractivity contribution in [2.75, 3.05) is 10.4 Å². The van der Waals surface area contributed by atoms with E-state index in [1.807, 2.05) is 6.07 Å². The van der Waals surface area contributed by atoms with Crippen molar-refractivity contribution in [2.45, 2.75) is 40.2 Å². The number of hydroxylamine groups is 1. The van der Waals surface area contributed by atoms with Gasteiger partial charge in [-0.3, -0.25) is 0 Å². The highest BCUT2D eigenvalue weighted by Crippen LogP contribution is 2.42. The molecule has 0 bridgehead atoms. The lowest BCUT2D eigenvalue weighted by Gasteiger charge is -2.49. The molecule has 2 aliphatic rings. The summed E-state index contributed by atoms with van der Waals surface area (Å²) in [5, 5.41) is 17.3. The lowest BCUT2D eigenvalue weighted by atomic mass is 9.81. The van der Waals surface area contributed by atoms with Gasteiger partial charge in [0.05, 0.1) is 17.4 Å². The Bertz CT molecular complexity index is 550. The van der Waals surface area contributed by atoms with Crippen LogP contribution >= 0.6 is 0 Å². The fourth-order valence-electron chi connectivity index (χ4n) is 3.01. The molecular formula is C16H21N2O-. The smallest absolute Gasteiger partial charge is 0.0615 e. The summed E-state index contributed by atoms with van der Waals surface area (Å²) in [6.45, 7) is 8.58. The predicted molar refractivity (Wildman–Crippen MR) is 80.2 cm³/mol. The molecular weight excluding hydrogens is 236 g/mol. The highest BCUT2D eigenvalue weighted by molar-refractivity contribution is 5.78. The number of aryl methyl sites for hydroxylation is 2. The van der Waals surface area contributed by atoms with Gasteiger partial charge in [-0.15, -0.1) is 0 Å². The predicted octanol–water partition coefficient (Wildman–Crippen LogP) is 3.96. The molecule has 1 N–H and O–H groups in total. The average molecular weight is 257 g/mol. The molecule has 3 unspecified atom stereocenters. The molecule has 19 heavy (non-hydrogen) atoms. The standard InChI is InChI=1S/C16H21N2O/c1-9-5-13-15(7-11(9)3)18(19)16-8-12(4)10(2)6-14(16)17-13/h5-7,10,12,16-17H,8H2,1-4H3/q-1. The van der Waals surface area contributed by atoms with Crippen LogP contribution in [0.25, 0.3) is 0 Å². The summed E-state index contributed by atoms with van der Waals surface area (Å²) in [6, 6.07) is 4.04. The van der Waals surface area contributed by atoms with E-state index < -0.39 is 0 Å². The van der Waals surface area contributed by atoms with Crippen molar-refractivity contribution in [3.8, 4) is 0 Å². The summed E-state index contributed by atoms with van der Waals surface area (Å²) >= 11 is 0. The van der Waals surface area contributed by atoms with E-state index in [4.69, 9.17) is 0 Å². The van der Waals surface area contributed by atoms with Crippen molar-refractivity contribution in [3.63, 3.8) is 0 Å². The maximum Gasteiger partial charge on any atom is 0.0615 e. The largest absolute Gasteiger partial charge is 0.758 e. The normalized spacial score (nSPS) is 29.2. The second-order valence-electron chi connectivity index (χ2n) is 6.11. The number of nitrogens with one attached hydrogen (secondary N) is 1. The lowest BCUT2D eigenvalue weighted by Crippen LogP contribution is -2.43. The molecule has 1 aromatic rings. The van der Waals surface area contributed by atoms with Crippen molar-refractivity contribution in [3.05, 3.63) is 40.2 Å². The molecule has 0 amide bonds. The Morgan fingerprint density at radius 3 is 2.63 bits per heavy atom. The number of rotatable bonds is 0. The van der Waals surface area contributed by atoms with Gasteiger partial charge < -0.3 is 15.6 Å². The minimum absolute atomic E-state index is 0.0409. The van der Waals surface area contributed by atoms with E-state index in [1.54, 1.807) is 0 Å². The van der Waals surface area contributed by atoms with Gasteiger partial charge in [-0.25, -0.2) is 0 Å². The average Bonchev–Trinajstić information content (AvgIpc) is 2.35. The summed E-state index contributed by atoms with van der Waals surface area (Å²) in [6.07, 6.45) is 3.15. The molecule has 0 saturated carbocycles. The SMILES string of the molecule is Cc1cc2c(cc1C)N([O-])C1CC(C)C(C)C=C1N2. The molecule has 1 aliphatic heterocycles. The van der Waals surface area contributed by atoms with Gasteiger partial charge in [0, 0.05) is 5.70 Å². The van der Waals surface area contributed by atoms with Crippen molar-refractivity contribution < 1.29 is 0 Å². The Morgan fingerprint density at radius 1 is 1.21 bits per heavy atom. The van der Waals surface area contributed by atoms with Crippen LogP contribution in [-0.4, -0.2) is 6.04 Å². The zero-order valence-electron chi connectivity index (χ0n) is 12.0. The summed E-state index contributed by atoms with van der Waals surface area (Å²) < 4.78 is 0. The van der Waals surface area contributed by atoms with Crippen molar-refractivity contribution >= 4 is 11.4 Å². The Hall–Kier alpha value is -1.48. The second kappa shape index (κ2) is 4.27. The number of hydrogen-bond donors (Lipinski definition) is 1. The Morgan fingerprint density at radius 2 is 1.89 bits per heavy atom. The minimum atomic E-state index is -0.0409. The van der Waals surface area contributed by atoms with E-state index in [9.17, 15) is 5.21 Å². The highest BCUT2D eigenvalue weighted by atomic mass is 16.5. The first-order valence-electron chi connectivity index (χ1n) is 7.03. The van der Waals surface area contributed by atoms with Gasteiger partial charge in [0.25, 0.3) is 0 Å². The molecule has 3 nitrogen and oxygen atoms in total. The van der Waals surface area contributed by atoms with Gasteiger partial charge in [-0.05, 0) is 55.4 Å². The third-order valence-electron chi connectivity index (χ3n) is 4.71. The van der Waals surface area contributed by atoms with E-state index in [-0.39, 0.29) is 6.04 Å². The monoisotopic (exact) mass is 257 g/mol. The molecule has 0 spiro atoms. The topological polar surface area (TPSA) is 38.3 Å². The van der Waals surface area contributed by atoms with Crippen LogP contribution in [0.4, 0.5) is 11.4 Å². The zero-order valence-corrected chi connectivity index (χ0v) is 12.0. The molecule has 102 valence electrons. The maximum absolute atomic E-state index is 12.6. The summed E-state index contributed by atoms with van der Waals surface area (Å²) in [7, 11) is 0. The van der Waals surface area contributed by atoms with Crippen LogP contribution in [0.1, 0.15) is 31.4 Å². The number of nitrogens with zero attached hydrogens (tertiary/aromatic N) is 1. The van der Waals surface area contributed by atoms with E-state index in [1.165, 1.54) is 16.2 Å². The van der Waals surface area contributed by atoms with Gasteiger partial charge in [-0.1, -0.05) is 19.9 Å². The third-order valence-corrected chi connectivity index (χ3v) is 4.71. The quantitative estimate of drug-likeness (QED) is 0.764. The Kier molecular flexibility index (Phi) is 2.82. The zero-order chi connectivity index (χ0) is 13.7. The molecule has 1 aromatic carbocycles. The van der Waals surface area contributed by atoms with Crippen LogP contribution < -0.4 is 10.4 Å². The lowest BCUT2D eigenvalue weighted by molar-refractivity contribution is 0.375. The fraction of sp³-hybridized carbons (Fsp3) is 0.500. The van der Waals surface area contributed by atoms with Crippen LogP contribution in [-0.2, 0) is 0 Å². The molecule has 3 heteroatoms. The maximum atomic E-state index is 12.6. The Labute approximate surface area is 114 Å². The molecule has 1 aliphatic carbocycles. The number of hydrogen-bond acceptors (Lipinski definition) is 3. The second-order valence-corrected chi connectivity index (χ2v) is 6.11. The molecule has 3 rings (SSSR count). The molecule has 1 heterocycles. The molecule has 0 fully saturated rings. The van der Waals surface area contributed by atoms with E-state index in [2.05, 4.69) is 45.2 Å². The minimum Gasteiger partial charge on any atom is -0.758 e. The first-order valence-corrected chi connectivity index (χ1v) is 7.03. The van der Waals surface area contributed by atoms with E-state index in [0.29, 0.717) is 11.8 Å². The van der Waals surface area contributed by atoms with Gasteiger partial charge in [0.15, 0.2) is 0 Å². The number of anilines is 2. The number of allylic oxidation sites excluding steroid dienone is 1. The summed E-state index contributed by atoms with van der Waals surface area (Å²) in [4.78, 5) is 0. The van der Waals surface area contributed by atoms with Gasteiger partial charge >= 0.3 is 0 Å². The molecule has 0 aromatic heterocycles. The summed E-state index contributed by atoms with van der Waals surface area (Å²) in [5.74, 6) is 1.08. The van der Waals surface area contributed by atoms with Crippen LogP contribution in [0.3, 0.4) is 0 Å². The first kappa shape index (κ1) is 12.5. The van der Waals surface area contributed by atoms with Crippen molar-refractivity contribution in [1.29, 1.82) is 0 Å². The van der Waals surface area contributed by atoms with E-state index in [0.717, 1.165) is 23.5 Å². The van der Waals surface area contributed by atoms with Crippen LogP contribution in [0.2, 0.25) is 0 Å². The highest BCUT2D eigenvalue weighted by Gasteiger charge is 2.31. The summed E-state index contributed by atoms with van der Waals surface area (Å²) in [5.41, 5.74) is 5.20.